The van der Waals surface area contributed by atoms with E-state index in [1.165, 1.54) is 0 Å². The molecule has 0 aliphatic carbocycles. The highest BCUT2D eigenvalue weighted by Gasteiger charge is 1.94. The van der Waals surface area contributed by atoms with Gasteiger partial charge in [0.1, 0.15) is 12.0 Å². The molecule has 0 amide bonds. The van der Waals surface area contributed by atoms with Crippen molar-refractivity contribution in [2.45, 2.75) is 6.92 Å². The van der Waals surface area contributed by atoms with Crippen molar-refractivity contribution < 1.29 is 9.90 Å². The molecule has 0 fully saturated rings. The Kier molecular flexibility index (Phi) is 2.64. The summed E-state index contributed by atoms with van der Waals surface area (Å²) in [6, 6.07) is 6.89. The second-order valence-corrected chi connectivity index (χ2v) is 2.57. The molecule has 62 valence electrons. The van der Waals surface area contributed by atoms with Crippen LogP contribution in [0.4, 0.5) is 0 Å². The first kappa shape index (κ1) is 8.53. The molecule has 0 unspecified atom stereocenters. The number of carbonyl (C=O) groups is 1. The zero-order valence-corrected chi connectivity index (χ0v) is 6.82. The molecule has 1 aromatic carbocycles. The molecule has 0 aliphatic heterocycles. The van der Waals surface area contributed by atoms with Gasteiger partial charge in [0, 0.05) is 5.56 Å². The Balaban J connectivity index is 3.04. The Hall–Kier alpha value is -1.57. The maximum atomic E-state index is 10.3. The average molecular weight is 162 g/mol. The van der Waals surface area contributed by atoms with Crippen LogP contribution in [0.2, 0.25) is 0 Å². The largest absolute Gasteiger partial charge is 0.507 e. The number of para-hydroxylation sites is 1. The number of carbonyl (C=O) groups excluding carboxylic acids is 1. The lowest BCUT2D eigenvalue weighted by Crippen LogP contribution is -1.78. The van der Waals surface area contributed by atoms with Crippen molar-refractivity contribution in [2.24, 2.45) is 0 Å². The number of aromatic hydroxyl groups is 1. The highest BCUT2D eigenvalue weighted by Crippen LogP contribution is 2.17. The van der Waals surface area contributed by atoms with Gasteiger partial charge in [0.25, 0.3) is 0 Å². The molecule has 0 radical (unpaired) electrons. The topological polar surface area (TPSA) is 37.3 Å². The van der Waals surface area contributed by atoms with E-state index in [2.05, 4.69) is 0 Å². The van der Waals surface area contributed by atoms with Gasteiger partial charge in [0.15, 0.2) is 0 Å². The molecule has 0 atom stereocenters. The summed E-state index contributed by atoms with van der Waals surface area (Å²) < 4.78 is 0. The Morgan fingerprint density at radius 3 is 2.67 bits per heavy atom. The number of rotatable bonds is 2. The average Bonchev–Trinajstić information content (AvgIpc) is 2.09. The van der Waals surface area contributed by atoms with E-state index in [9.17, 15) is 9.90 Å². The van der Waals surface area contributed by atoms with Gasteiger partial charge < -0.3 is 5.11 Å². The molecule has 0 bridgehead atoms. The number of allylic oxidation sites excluding steroid dienone is 1. The van der Waals surface area contributed by atoms with Crippen molar-refractivity contribution in [1.29, 1.82) is 0 Å². The van der Waals surface area contributed by atoms with Crippen molar-refractivity contribution in [3.8, 4) is 5.75 Å². The lowest BCUT2D eigenvalue weighted by molar-refractivity contribution is -0.104. The van der Waals surface area contributed by atoms with Crippen LogP contribution in [0.5, 0.6) is 5.75 Å². The van der Waals surface area contributed by atoms with Gasteiger partial charge >= 0.3 is 0 Å². The summed E-state index contributed by atoms with van der Waals surface area (Å²) >= 11 is 0. The number of hydrogen-bond donors (Lipinski definition) is 1. The Bertz CT molecular complexity index is 313. The summed E-state index contributed by atoms with van der Waals surface area (Å²) in [7, 11) is 0. The zero-order chi connectivity index (χ0) is 8.97. The quantitative estimate of drug-likeness (QED) is 0.533. The van der Waals surface area contributed by atoms with Crippen LogP contribution in [0, 0.1) is 0 Å². The van der Waals surface area contributed by atoms with Crippen LogP contribution in [-0.4, -0.2) is 11.4 Å². The Morgan fingerprint density at radius 1 is 1.42 bits per heavy atom. The van der Waals surface area contributed by atoms with E-state index in [4.69, 9.17) is 0 Å². The van der Waals surface area contributed by atoms with Crippen LogP contribution in [0.1, 0.15) is 12.5 Å². The fourth-order valence-electron chi connectivity index (χ4n) is 0.889. The highest BCUT2D eigenvalue weighted by molar-refractivity contribution is 5.81. The van der Waals surface area contributed by atoms with Gasteiger partial charge in [-0.1, -0.05) is 18.2 Å². The molecule has 0 saturated heterocycles. The van der Waals surface area contributed by atoms with E-state index in [0.717, 1.165) is 6.29 Å². The highest BCUT2D eigenvalue weighted by atomic mass is 16.3. The predicted molar refractivity (Wildman–Crippen MR) is 47.8 cm³/mol. The first-order valence-corrected chi connectivity index (χ1v) is 3.65. The molecule has 0 spiro atoms. The number of hydrogen-bond acceptors (Lipinski definition) is 2. The predicted octanol–water partition coefficient (Wildman–Crippen LogP) is 1.99. The summed E-state index contributed by atoms with van der Waals surface area (Å²) in [5, 5.41) is 9.29. The fourth-order valence-corrected chi connectivity index (χ4v) is 0.889. The van der Waals surface area contributed by atoms with Gasteiger partial charge in [-0.2, -0.15) is 0 Å². The van der Waals surface area contributed by atoms with Gasteiger partial charge in [-0.05, 0) is 24.6 Å². The van der Waals surface area contributed by atoms with Crippen LogP contribution < -0.4 is 0 Å². The molecule has 1 N–H and O–H groups in total. The molecule has 0 heterocycles. The lowest BCUT2D eigenvalue weighted by Gasteiger charge is -1.97. The van der Waals surface area contributed by atoms with Gasteiger partial charge in [0.05, 0.1) is 0 Å². The maximum Gasteiger partial charge on any atom is 0.145 e. The molecular formula is C10H10O2. The SMILES string of the molecule is C/C(C=O)=C/c1ccccc1O. The van der Waals surface area contributed by atoms with E-state index in [1.807, 2.05) is 6.07 Å². The molecular weight excluding hydrogens is 152 g/mol. The molecule has 2 nitrogen and oxygen atoms in total. The molecule has 0 saturated carbocycles. The second kappa shape index (κ2) is 3.72. The van der Waals surface area contributed by atoms with Crippen molar-refractivity contribution in [2.75, 3.05) is 0 Å². The molecule has 1 rings (SSSR count). The minimum atomic E-state index is 0.193. The number of phenols is 1. The number of aldehydes is 1. The van der Waals surface area contributed by atoms with Crippen LogP contribution in [0.3, 0.4) is 0 Å². The van der Waals surface area contributed by atoms with Crippen molar-refractivity contribution in [3.63, 3.8) is 0 Å². The van der Waals surface area contributed by atoms with Crippen LogP contribution in [0.15, 0.2) is 29.8 Å². The third-order valence-electron chi connectivity index (χ3n) is 1.51. The minimum absolute atomic E-state index is 0.193. The van der Waals surface area contributed by atoms with Crippen LogP contribution in [0.25, 0.3) is 6.08 Å². The lowest BCUT2D eigenvalue weighted by atomic mass is 10.1. The van der Waals surface area contributed by atoms with Crippen LogP contribution in [-0.2, 0) is 4.79 Å². The van der Waals surface area contributed by atoms with Gasteiger partial charge in [-0.3, -0.25) is 4.79 Å². The van der Waals surface area contributed by atoms with Crippen LogP contribution >= 0.6 is 0 Å². The summed E-state index contributed by atoms with van der Waals surface area (Å²) in [6.07, 6.45) is 2.40. The van der Waals surface area contributed by atoms with Crippen molar-refractivity contribution >= 4 is 12.4 Å². The van der Waals surface area contributed by atoms with E-state index >= 15 is 0 Å². The standard InChI is InChI=1S/C10H10O2/c1-8(7-11)6-9-4-2-3-5-10(9)12/h2-7,12H,1H3/b8-6-. The first-order valence-electron chi connectivity index (χ1n) is 3.65. The third-order valence-corrected chi connectivity index (χ3v) is 1.51. The van der Waals surface area contributed by atoms with E-state index < -0.39 is 0 Å². The Labute approximate surface area is 71.2 Å². The summed E-state index contributed by atoms with van der Waals surface area (Å²) in [6.45, 7) is 1.69. The minimum Gasteiger partial charge on any atom is -0.507 e. The zero-order valence-electron chi connectivity index (χ0n) is 6.82. The van der Waals surface area contributed by atoms with Crippen molar-refractivity contribution in [3.05, 3.63) is 35.4 Å². The van der Waals surface area contributed by atoms with E-state index in [0.29, 0.717) is 11.1 Å². The summed E-state index contributed by atoms with van der Waals surface area (Å²) in [5.74, 6) is 0.193. The van der Waals surface area contributed by atoms with Gasteiger partial charge in [-0.25, -0.2) is 0 Å². The number of phenolic OH excluding ortho intramolecular Hbond substituents is 1. The second-order valence-electron chi connectivity index (χ2n) is 2.57. The first-order chi connectivity index (χ1) is 5.74. The Morgan fingerprint density at radius 2 is 2.08 bits per heavy atom. The van der Waals surface area contributed by atoms with E-state index in [1.54, 1.807) is 31.2 Å². The molecule has 0 aromatic heterocycles. The van der Waals surface area contributed by atoms with Gasteiger partial charge in [0.2, 0.25) is 0 Å². The third kappa shape index (κ3) is 1.95. The molecule has 0 aliphatic rings. The van der Waals surface area contributed by atoms with Crippen molar-refractivity contribution in [1.82, 2.24) is 0 Å². The summed E-state index contributed by atoms with van der Waals surface area (Å²) in [5.41, 5.74) is 1.26. The molecule has 12 heavy (non-hydrogen) atoms. The van der Waals surface area contributed by atoms with E-state index in [-0.39, 0.29) is 5.75 Å². The normalized spacial score (nSPS) is 11.2. The smallest absolute Gasteiger partial charge is 0.145 e. The fraction of sp³-hybridized carbons (Fsp3) is 0.100. The summed E-state index contributed by atoms with van der Waals surface area (Å²) in [4.78, 5) is 10.3. The number of benzene rings is 1. The van der Waals surface area contributed by atoms with Gasteiger partial charge in [-0.15, -0.1) is 0 Å². The molecule has 2 heteroatoms. The monoisotopic (exact) mass is 162 g/mol. The maximum absolute atomic E-state index is 10.3. The molecule has 1 aromatic rings.